The van der Waals surface area contributed by atoms with Gasteiger partial charge in [0.15, 0.2) is 0 Å². The molecule has 5 aliphatic carbocycles. The van der Waals surface area contributed by atoms with Crippen LogP contribution >= 0.6 is 0 Å². The first-order valence-corrected chi connectivity index (χ1v) is 15.3. The standard InChI is InChI=1S/C33H54O4/c1-9-18-37-27(36)33-16-14-28(2,3)19-22(33)21-10-11-25-30(6)20-23(34)26(35)29(4,5)24(30)12-13-32(25,8)31(21,7)15-17-33/h10,22-26,34-35H,9,11-20H2,1-8H3/t22-,23+,24+,25+,26+,30+,31+,32-,33-/m1/s1. The molecule has 4 heteroatoms. The maximum atomic E-state index is 13.7. The van der Waals surface area contributed by atoms with E-state index in [0.717, 1.165) is 57.8 Å². The SMILES string of the molecule is CCCOC(=O)[C@@]12CCC(C)(C)C[C@@H]1C1=CC[C@H]3[C@@]4(C)C[C@H](O)[C@H](O)C(C)(C)[C@@H]4CC[C@@]3(C)[C@@]1(C)CC2. The molecule has 37 heavy (non-hydrogen) atoms. The number of aliphatic hydroxyl groups excluding tert-OH is 2. The monoisotopic (exact) mass is 514 g/mol. The number of fused-ring (bicyclic) bond motifs is 7. The van der Waals surface area contributed by atoms with Crippen LogP contribution in [0.15, 0.2) is 11.6 Å². The van der Waals surface area contributed by atoms with Gasteiger partial charge in [-0.2, -0.15) is 0 Å². The lowest BCUT2D eigenvalue weighted by atomic mass is 9.33. The van der Waals surface area contributed by atoms with E-state index in [0.29, 0.717) is 24.9 Å². The Bertz CT molecular complexity index is 965. The van der Waals surface area contributed by atoms with Crippen LogP contribution in [-0.4, -0.2) is 35.0 Å². The molecule has 4 saturated carbocycles. The van der Waals surface area contributed by atoms with Crippen molar-refractivity contribution in [2.75, 3.05) is 6.61 Å². The minimum absolute atomic E-state index is 0.0133. The molecule has 0 radical (unpaired) electrons. The zero-order valence-electron chi connectivity index (χ0n) is 25.0. The van der Waals surface area contributed by atoms with Crippen molar-refractivity contribution in [3.8, 4) is 0 Å². The molecule has 5 rings (SSSR count). The highest BCUT2D eigenvalue weighted by Crippen LogP contribution is 2.75. The van der Waals surface area contributed by atoms with Gasteiger partial charge in [-0.05, 0) is 109 Å². The van der Waals surface area contributed by atoms with E-state index in [-0.39, 0.29) is 44.4 Å². The van der Waals surface area contributed by atoms with Gasteiger partial charge in [-0.3, -0.25) is 4.79 Å². The van der Waals surface area contributed by atoms with Crippen molar-refractivity contribution in [3.63, 3.8) is 0 Å². The number of hydrogen-bond donors (Lipinski definition) is 2. The summed E-state index contributed by atoms with van der Waals surface area (Å²) >= 11 is 0. The highest BCUT2D eigenvalue weighted by Gasteiger charge is 2.70. The Hall–Kier alpha value is -0.870. The molecule has 9 atom stereocenters. The zero-order chi connectivity index (χ0) is 27.2. The molecule has 210 valence electrons. The van der Waals surface area contributed by atoms with Crippen molar-refractivity contribution in [1.29, 1.82) is 0 Å². The maximum absolute atomic E-state index is 13.7. The lowest BCUT2D eigenvalue weighted by molar-refractivity contribution is -0.232. The van der Waals surface area contributed by atoms with E-state index in [1.165, 1.54) is 0 Å². The summed E-state index contributed by atoms with van der Waals surface area (Å²) in [5.41, 5.74) is 1.26. The number of esters is 1. The van der Waals surface area contributed by atoms with Crippen LogP contribution in [0.4, 0.5) is 0 Å². The fourth-order valence-electron chi connectivity index (χ4n) is 11.1. The van der Waals surface area contributed by atoms with Gasteiger partial charge in [0.2, 0.25) is 0 Å². The van der Waals surface area contributed by atoms with Crippen LogP contribution in [0.5, 0.6) is 0 Å². The van der Waals surface area contributed by atoms with Gasteiger partial charge < -0.3 is 14.9 Å². The quantitative estimate of drug-likeness (QED) is 0.312. The van der Waals surface area contributed by atoms with Gasteiger partial charge in [0.1, 0.15) is 0 Å². The molecule has 0 bridgehead atoms. The van der Waals surface area contributed by atoms with Gasteiger partial charge in [-0.1, -0.05) is 67.0 Å². The lowest BCUT2D eigenvalue weighted by Gasteiger charge is -2.71. The Morgan fingerprint density at radius 1 is 0.946 bits per heavy atom. The molecule has 2 N–H and O–H groups in total. The number of hydrogen-bond acceptors (Lipinski definition) is 4. The van der Waals surface area contributed by atoms with E-state index < -0.39 is 12.2 Å². The first-order chi connectivity index (χ1) is 17.1. The second kappa shape index (κ2) is 8.56. The molecule has 0 aliphatic heterocycles. The molecule has 0 unspecified atom stereocenters. The molecule has 0 aromatic heterocycles. The molecule has 4 nitrogen and oxygen atoms in total. The second-order valence-electron chi connectivity index (χ2n) is 16.0. The molecule has 0 heterocycles. The summed E-state index contributed by atoms with van der Waals surface area (Å²) < 4.78 is 5.92. The Morgan fingerprint density at radius 3 is 2.30 bits per heavy atom. The van der Waals surface area contributed by atoms with Gasteiger partial charge in [-0.25, -0.2) is 0 Å². The van der Waals surface area contributed by atoms with Gasteiger partial charge in [-0.15, -0.1) is 0 Å². The summed E-state index contributed by atoms with van der Waals surface area (Å²) in [4.78, 5) is 13.7. The van der Waals surface area contributed by atoms with Crippen molar-refractivity contribution < 1.29 is 19.7 Å². The predicted molar refractivity (Wildman–Crippen MR) is 148 cm³/mol. The van der Waals surface area contributed by atoms with Crippen LogP contribution in [0.1, 0.15) is 120 Å². The molecule has 0 amide bonds. The summed E-state index contributed by atoms with van der Waals surface area (Å²) in [7, 11) is 0. The Labute approximate surface area is 226 Å². The number of carbonyl (C=O) groups is 1. The fraction of sp³-hybridized carbons (Fsp3) is 0.909. The molecule has 5 aliphatic rings. The number of rotatable bonds is 3. The van der Waals surface area contributed by atoms with Gasteiger partial charge >= 0.3 is 5.97 Å². The largest absolute Gasteiger partial charge is 0.465 e. The average Bonchev–Trinajstić information content (AvgIpc) is 2.81. The first kappa shape index (κ1) is 27.7. The van der Waals surface area contributed by atoms with Crippen LogP contribution in [0.25, 0.3) is 0 Å². The normalized spacial score (nSPS) is 50.0. The van der Waals surface area contributed by atoms with Gasteiger partial charge in [0.25, 0.3) is 0 Å². The van der Waals surface area contributed by atoms with E-state index >= 15 is 0 Å². The van der Waals surface area contributed by atoms with Crippen LogP contribution in [0.3, 0.4) is 0 Å². The Kier molecular flexibility index (Phi) is 6.41. The molecule has 4 fully saturated rings. The Balaban J connectivity index is 1.58. The van der Waals surface area contributed by atoms with Crippen molar-refractivity contribution in [2.45, 2.75) is 132 Å². The number of carbonyl (C=O) groups excluding carboxylic acids is 1. The van der Waals surface area contributed by atoms with Crippen LogP contribution in [-0.2, 0) is 9.53 Å². The minimum Gasteiger partial charge on any atom is -0.465 e. The number of ether oxygens (including phenoxy) is 1. The van der Waals surface area contributed by atoms with Crippen molar-refractivity contribution in [3.05, 3.63) is 11.6 Å². The van der Waals surface area contributed by atoms with E-state index in [4.69, 9.17) is 4.74 Å². The van der Waals surface area contributed by atoms with E-state index in [1.54, 1.807) is 5.57 Å². The van der Waals surface area contributed by atoms with Crippen molar-refractivity contribution in [2.24, 2.45) is 50.2 Å². The van der Waals surface area contributed by atoms with Crippen molar-refractivity contribution in [1.82, 2.24) is 0 Å². The summed E-state index contributed by atoms with van der Waals surface area (Å²) in [6.45, 7) is 19.2. The number of allylic oxidation sites excluding steroid dienone is 2. The van der Waals surface area contributed by atoms with Crippen LogP contribution < -0.4 is 0 Å². The first-order valence-electron chi connectivity index (χ1n) is 15.3. The van der Waals surface area contributed by atoms with Gasteiger partial charge in [0.05, 0.1) is 24.2 Å². The van der Waals surface area contributed by atoms with Crippen molar-refractivity contribution >= 4 is 5.97 Å². The summed E-state index contributed by atoms with van der Waals surface area (Å²) in [6.07, 6.45) is 11.1. The maximum Gasteiger partial charge on any atom is 0.312 e. The highest BCUT2D eigenvalue weighted by atomic mass is 16.5. The summed E-state index contributed by atoms with van der Waals surface area (Å²) in [5.74, 6) is 1.19. The Morgan fingerprint density at radius 2 is 1.62 bits per heavy atom. The van der Waals surface area contributed by atoms with Crippen LogP contribution in [0.2, 0.25) is 0 Å². The summed E-state index contributed by atoms with van der Waals surface area (Å²) in [5, 5.41) is 22.0. The van der Waals surface area contributed by atoms with E-state index in [9.17, 15) is 15.0 Å². The topological polar surface area (TPSA) is 66.8 Å². The van der Waals surface area contributed by atoms with E-state index in [2.05, 4.69) is 61.5 Å². The molecular weight excluding hydrogens is 460 g/mol. The summed E-state index contributed by atoms with van der Waals surface area (Å²) in [6, 6.07) is 0. The predicted octanol–water partition coefficient (Wildman–Crippen LogP) is 7.07. The fourth-order valence-corrected chi connectivity index (χ4v) is 11.1. The third kappa shape index (κ3) is 3.63. The molecule has 0 spiro atoms. The molecule has 0 saturated heterocycles. The average molecular weight is 515 g/mol. The third-order valence-corrected chi connectivity index (χ3v) is 13.4. The zero-order valence-corrected chi connectivity index (χ0v) is 25.0. The lowest BCUT2D eigenvalue weighted by Crippen LogP contribution is -2.67. The smallest absolute Gasteiger partial charge is 0.312 e. The molecule has 0 aromatic carbocycles. The minimum atomic E-state index is -0.664. The molecular formula is C33H54O4. The molecule has 0 aromatic rings. The third-order valence-electron chi connectivity index (χ3n) is 13.4. The highest BCUT2D eigenvalue weighted by molar-refractivity contribution is 5.78. The van der Waals surface area contributed by atoms with Crippen LogP contribution in [0, 0.1) is 50.2 Å². The van der Waals surface area contributed by atoms with E-state index in [1.807, 2.05) is 0 Å². The second-order valence-corrected chi connectivity index (χ2v) is 16.0. The van der Waals surface area contributed by atoms with Gasteiger partial charge in [0, 0.05) is 0 Å². The number of aliphatic hydroxyl groups is 2.